The molecule has 0 bridgehead atoms. The zero-order chi connectivity index (χ0) is 18.0. The number of carbonyl (C=O) groups excluding carboxylic acids is 1. The third-order valence-corrected chi connectivity index (χ3v) is 3.23. The smallest absolute Gasteiger partial charge is 0.357 e. The third-order valence-electron chi connectivity index (χ3n) is 3.23. The Morgan fingerprint density at radius 2 is 2.12 bits per heavy atom. The van der Waals surface area contributed by atoms with E-state index in [9.17, 15) is 19.7 Å². The van der Waals surface area contributed by atoms with Crippen LogP contribution in [0.3, 0.4) is 0 Å². The van der Waals surface area contributed by atoms with Gasteiger partial charge < -0.3 is 20.1 Å². The molecule has 0 unspecified atom stereocenters. The Morgan fingerprint density at radius 1 is 1.46 bits per heavy atom. The number of nitrogens with two attached hydrogens (primary N) is 1. The van der Waals surface area contributed by atoms with E-state index in [1.165, 1.54) is 12.3 Å². The SMILES string of the molecule is COC(=O)c1c(N)c(C#N)cn1-c1ccc(C(=O)O)c([N+](=O)[O-])c1. The predicted molar refractivity (Wildman–Crippen MR) is 79.8 cm³/mol. The van der Waals surface area contributed by atoms with E-state index in [-0.39, 0.29) is 22.6 Å². The first kappa shape index (κ1) is 16.5. The van der Waals surface area contributed by atoms with Gasteiger partial charge in [0.2, 0.25) is 0 Å². The summed E-state index contributed by atoms with van der Waals surface area (Å²) in [6.45, 7) is 0. The number of esters is 1. The van der Waals surface area contributed by atoms with Gasteiger partial charge in [-0.2, -0.15) is 5.26 Å². The van der Waals surface area contributed by atoms with Gasteiger partial charge in [0.1, 0.15) is 11.6 Å². The first-order chi connectivity index (χ1) is 11.3. The number of hydrogen-bond acceptors (Lipinski definition) is 7. The van der Waals surface area contributed by atoms with E-state index >= 15 is 0 Å². The van der Waals surface area contributed by atoms with Gasteiger partial charge in [0.05, 0.1) is 29.0 Å². The Morgan fingerprint density at radius 3 is 2.62 bits per heavy atom. The monoisotopic (exact) mass is 330 g/mol. The maximum absolute atomic E-state index is 11.9. The Balaban J connectivity index is 2.76. The van der Waals surface area contributed by atoms with Gasteiger partial charge >= 0.3 is 11.9 Å². The Hall–Kier alpha value is -3.87. The molecular formula is C14H10N4O6. The van der Waals surface area contributed by atoms with Crippen molar-refractivity contribution >= 4 is 23.3 Å². The molecule has 122 valence electrons. The number of aromatic nitrogens is 1. The van der Waals surface area contributed by atoms with Crippen LogP contribution in [-0.2, 0) is 4.74 Å². The Kier molecular flexibility index (Phi) is 4.19. The minimum absolute atomic E-state index is 0.0274. The van der Waals surface area contributed by atoms with E-state index in [0.717, 1.165) is 23.8 Å². The fourth-order valence-electron chi connectivity index (χ4n) is 2.12. The van der Waals surface area contributed by atoms with Crippen LogP contribution in [0.15, 0.2) is 24.4 Å². The highest BCUT2D eigenvalue weighted by molar-refractivity contribution is 5.96. The molecule has 0 saturated heterocycles. The number of hydrogen-bond donors (Lipinski definition) is 2. The van der Waals surface area contributed by atoms with Crippen molar-refractivity contribution in [3.63, 3.8) is 0 Å². The van der Waals surface area contributed by atoms with Gasteiger partial charge in [-0.15, -0.1) is 0 Å². The number of nitrogens with zero attached hydrogens (tertiary/aromatic N) is 3. The van der Waals surface area contributed by atoms with Crippen molar-refractivity contribution in [3.05, 3.63) is 51.3 Å². The standard InChI is InChI=1S/C14H10N4O6/c1-24-14(21)12-11(16)7(5-15)6-17(12)8-2-3-9(13(19)20)10(4-8)18(22)23/h2-4,6H,16H2,1H3,(H,19,20). The number of nitrogen functional groups attached to an aromatic ring is 1. The molecule has 1 aromatic heterocycles. The minimum atomic E-state index is -1.47. The number of nitro groups is 1. The van der Waals surface area contributed by atoms with E-state index in [1.807, 2.05) is 0 Å². The maximum Gasteiger partial charge on any atom is 0.357 e. The van der Waals surface area contributed by atoms with E-state index in [0.29, 0.717) is 0 Å². The number of nitriles is 1. The lowest BCUT2D eigenvalue weighted by Gasteiger charge is -2.09. The number of nitro benzene ring substituents is 1. The maximum atomic E-state index is 11.9. The van der Waals surface area contributed by atoms with E-state index in [2.05, 4.69) is 4.74 Å². The van der Waals surface area contributed by atoms with Crippen LogP contribution < -0.4 is 5.73 Å². The summed E-state index contributed by atoms with van der Waals surface area (Å²) in [5.41, 5.74) is 4.28. The second-order valence-corrected chi connectivity index (χ2v) is 4.54. The normalized spacial score (nSPS) is 10.0. The molecule has 0 saturated carbocycles. The summed E-state index contributed by atoms with van der Waals surface area (Å²) in [6.07, 6.45) is 1.21. The molecule has 0 aliphatic carbocycles. The van der Waals surface area contributed by atoms with Crippen molar-refractivity contribution in [1.82, 2.24) is 4.57 Å². The number of carboxylic acid groups (broad SMARTS) is 1. The summed E-state index contributed by atoms with van der Waals surface area (Å²) in [5.74, 6) is -2.31. The molecule has 0 spiro atoms. The topological polar surface area (TPSA) is 161 Å². The molecule has 2 aromatic rings. The minimum Gasteiger partial charge on any atom is -0.477 e. The van der Waals surface area contributed by atoms with Crippen molar-refractivity contribution < 1.29 is 24.4 Å². The molecule has 0 amide bonds. The highest BCUT2D eigenvalue weighted by Gasteiger charge is 2.25. The molecule has 10 heteroatoms. The number of ether oxygens (including phenoxy) is 1. The first-order valence-corrected chi connectivity index (χ1v) is 6.33. The molecule has 0 atom stereocenters. The summed E-state index contributed by atoms with van der Waals surface area (Å²) < 4.78 is 5.74. The predicted octanol–water partition coefficient (Wildman–Crippen LogP) is 1.32. The van der Waals surface area contributed by atoms with Gasteiger partial charge in [-0.1, -0.05) is 0 Å². The van der Waals surface area contributed by atoms with Crippen molar-refractivity contribution in [3.8, 4) is 11.8 Å². The summed E-state index contributed by atoms with van der Waals surface area (Å²) in [4.78, 5) is 33.2. The molecular weight excluding hydrogens is 320 g/mol. The van der Waals surface area contributed by atoms with E-state index in [1.54, 1.807) is 6.07 Å². The van der Waals surface area contributed by atoms with Crippen LogP contribution in [0.1, 0.15) is 26.4 Å². The average molecular weight is 330 g/mol. The molecule has 0 radical (unpaired) electrons. The highest BCUT2D eigenvalue weighted by Crippen LogP contribution is 2.28. The quantitative estimate of drug-likeness (QED) is 0.482. The second kappa shape index (κ2) is 6.09. The number of rotatable bonds is 4. The molecule has 1 heterocycles. The molecule has 0 fully saturated rings. The van der Waals surface area contributed by atoms with E-state index < -0.39 is 28.1 Å². The second-order valence-electron chi connectivity index (χ2n) is 4.54. The van der Waals surface area contributed by atoms with Gasteiger partial charge in [-0.3, -0.25) is 10.1 Å². The Labute approximate surface area is 134 Å². The zero-order valence-corrected chi connectivity index (χ0v) is 12.2. The number of carbonyl (C=O) groups is 2. The van der Waals surface area contributed by atoms with Crippen LogP contribution in [0, 0.1) is 21.4 Å². The van der Waals surface area contributed by atoms with Crippen molar-refractivity contribution in [1.29, 1.82) is 5.26 Å². The first-order valence-electron chi connectivity index (χ1n) is 6.33. The molecule has 10 nitrogen and oxygen atoms in total. The van der Waals surface area contributed by atoms with Gasteiger partial charge in [-0.25, -0.2) is 9.59 Å². The molecule has 2 rings (SSSR count). The van der Waals surface area contributed by atoms with Gasteiger partial charge in [0.15, 0.2) is 5.69 Å². The molecule has 0 aliphatic rings. The van der Waals surface area contributed by atoms with Gasteiger partial charge in [0, 0.05) is 12.3 Å². The van der Waals surface area contributed by atoms with Crippen molar-refractivity contribution in [2.45, 2.75) is 0 Å². The number of methoxy groups -OCH3 is 1. The lowest BCUT2D eigenvalue weighted by atomic mass is 10.1. The van der Waals surface area contributed by atoms with Gasteiger partial charge in [-0.05, 0) is 12.1 Å². The van der Waals surface area contributed by atoms with Crippen LogP contribution in [0.25, 0.3) is 5.69 Å². The Bertz CT molecular complexity index is 909. The zero-order valence-electron chi connectivity index (χ0n) is 12.2. The van der Waals surface area contributed by atoms with Crippen LogP contribution >= 0.6 is 0 Å². The van der Waals surface area contributed by atoms with Crippen LogP contribution in [0.2, 0.25) is 0 Å². The van der Waals surface area contributed by atoms with Crippen molar-refractivity contribution in [2.75, 3.05) is 12.8 Å². The lowest BCUT2D eigenvalue weighted by molar-refractivity contribution is -0.385. The van der Waals surface area contributed by atoms with E-state index in [4.69, 9.17) is 16.1 Å². The van der Waals surface area contributed by atoms with Crippen LogP contribution in [0.4, 0.5) is 11.4 Å². The molecule has 1 aromatic carbocycles. The third kappa shape index (κ3) is 2.61. The molecule has 24 heavy (non-hydrogen) atoms. The summed E-state index contributed by atoms with van der Waals surface area (Å²) >= 11 is 0. The number of benzene rings is 1. The number of anilines is 1. The summed E-state index contributed by atoms with van der Waals surface area (Å²) in [7, 11) is 1.11. The molecule has 3 N–H and O–H groups in total. The molecule has 0 aliphatic heterocycles. The lowest BCUT2D eigenvalue weighted by Crippen LogP contribution is -2.12. The fraction of sp³-hybridized carbons (Fsp3) is 0.0714. The van der Waals surface area contributed by atoms with Gasteiger partial charge in [0.25, 0.3) is 5.69 Å². The van der Waals surface area contributed by atoms with Crippen molar-refractivity contribution in [2.24, 2.45) is 0 Å². The summed E-state index contributed by atoms with van der Waals surface area (Å²) in [6, 6.07) is 5.04. The van der Waals surface area contributed by atoms with Crippen LogP contribution in [-0.4, -0.2) is 33.6 Å². The average Bonchev–Trinajstić information content (AvgIpc) is 2.89. The largest absolute Gasteiger partial charge is 0.477 e. The fourth-order valence-corrected chi connectivity index (χ4v) is 2.12. The highest BCUT2D eigenvalue weighted by atomic mass is 16.6. The summed E-state index contributed by atoms with van der Waals surface area (Å²) in [5, 5.41) is 29.1. The van der Waals surface area contributed by atoms with Crippen LogP contribution in [0.5, 0.6) is 0 Å². The number of aromatic carboxylic acids is 1. The number of carboxylic acids is 1.